The molecule has 6 heteroatoms. The van der Waals surface area contributed by atoms with E-state index in [9.17, 15) is 9.59 Å². The van der Waals surface area contributed by atoms with Gasteiger partial charge in [-0.2, -0.15) is 0 Å². The second-order valence-corrected chi connectivity index (χ2v) is 5.97. The molecule has 1 aromatic rings. The highest BCUT2D eigenvalue weighted by atomic mass is 79.9. The molecular weight excluding hydrogens is 324 g/mol. The second-order valence-electron chi connectivity index (χ2n) is 5.11. The maximum Gasteiger partial charge on any atom is 0.308 e. The Kier molecular flexibility index (Phi) is 6.01. The summed E-state index contributed by atoms with van der Waals surface area (Å²) in [7, 11) is 0. The first-order valence-electron chi connectivity index (χ1n) is 6.37. The van der Waals surface area contributed by atoms with E-state index in [0.29, 0.717) is 17.7 Å². The molecule has 1 unspecified atom stereocenters. The van der Waals surface area contributed by atoms with Gasteiger partial charge in [-0.05, 0) is 46.5 Å². The molecule has 0 saturated carbocycles. The van der Waals surface area contributed by atoms with Crippen molar-refractivity contribution in [2.24, 2.45) is 11.8 Å². The highest BCUT2D eigenvalue weighted by Crippen LogP contribution is 2.20. The summed E-state index contributed by atoms with van der Waals surface area (Å²) >= 11 is 3.25. The Morgan fingerprint density at radius 1 is 1.40 bits per heavy atom. The lowest BCUT2D eigenvalue weighted by Gasteiger charge is -2.15. The van der Waals surface area contributed by atoms with Crippen LogP contribution >= 0.6 is 15.9 Å². The number of anilines is 1. The monoisotopic (exact) mass is 342 g/mol. The molecule has 0 fully saturated rings. The summed E-state index contributed by atoms with van der Waals surface area (Å²) in [6.07, 6.45) is 0.526. The zero-order valence-corrected chi connectivity index (χ0v) is 13.1. The van der Waals surface area contributed by atoms with Crippen molar-refractivity contribution in [3.05, 3.63) is 28.2 Å². The van der Waals surface area contributed by atoms with Crippen LogP contribution in [0, 0.1) is 11.8 Å². The smallest absolute Gasteiger partial charge is 0.308 e. The number of nitrogens with one attached hydrogen (secondary N) is 1. The van der Waals surface area contributed by atoms with Crippen molar-refractivity contribution in [3.63, 3.8) is 0 Å². The van der Waals surface area contributed by atoms with E-state index in [1.54, 1.807) is 18.2 Å². The van der Waals surface area contributed by atoms with Crippen molar-refractivity contribution in [1.82, 2.24) is 5.32 Å². The van der Waals surface area contributed by atoms with E-state index >= 15 is 0 Å². The summed E-state index contributed by atoms with van der Waals surface area (Å²) in [6.45, 7) is 4.02. The lowest BCUT2D eigenvalue weighted by molar-refractivity contribution is -0.142. The quantitative estimate of drug-likeness (QED) is 0.692. The molecule has 0 aliphatic rings. The van der Waals surface area contributed by atoms with Crippen LogP contribution in [0.25, 0.3) is 0 Å². The number of carbonyl (C=O) groups is 2. The van der Waals surface area contributed by atoms with E-state index in [1.807, 2.05) is 13.8 Å². The number of nitrogens with two attached hydrogens (primary N) is 1. The summed E-state index contributed by atoms with van der Waals surface area (Å²) in [4.78, 5) is 23.1. The number of halogens is 1. The van der Waals surface area contributed by atoms with Gasteiger partial charge in [-0.25, -0.2) is 0 Å². The van der Waals surface area contributed by atoms with Gasteiger partial charge in [-0.1, -0.05) is 13.8 Å². The normalized spacial score (nSPS) is 12.2. The van der Waals surface area contributed by atoms with Gasteiger partial charge in [-0.3, -0.25) is 9.59 Å². The average molecular weight is 343 g/mol. The van der Waals surface area contributed by atoms with E-state index in [4.69, 9.17) is 10.8 Å². The number of amides is 1. The third kappa shape index (κ3) is 4.85. The largest absolute Gasteiger partial charge is 0.481 e. The molecule has 0 aliphatic carbocycles. The zero-order valence-electron chi connectivity index (χ0n) is 11.5. The Morgan fingerprint density at radius 2 is 2.05 bits per heavy atom. The van der Waals surface area contributed by atoms with Gasteiger partial charge >= 0.3 is 5.97 Å². The molecule has 0 radical (unpaired) electrons. The second kappa shape index (κ2) is 7.28. The molecular formula is C14H19BrN2O3. The molecule has 0 aromatic heterocycles. The maximum atomic E-state index is 11.9. The minimum atomic E-state index is -0.894. The van der Waals surface area contributed by atoms with Crippen molar-refractivity contribution in [1.29, 1.82) is 0 Å². The number of carboxylic acids is 1. The van der Waals surface area contributed by atoms with Crippen LogP contribution in [0.4, 0.5) is 5.69 Å². The van der Waals surface area contributed by atoms with Crippen LogP contribution in [0.1, 0.15) is 30.6 Å². The summed E-state index contributed by atoms with van der Waals surface area (Å²) < 4.78 is 0.720. The third-order valence-corrected chi connectivity index (χ3v) is 3.59. The first-order chi connectivity index (χ1) is 9.31. The van der Waals surface area contributed by atoms with Crippen molar-refractivity contribution < 1.29 is 14.7 Å². The molecule has 20 heavy (non-hydrogen) atoms. The highest BCUT2D eigenvalue weighted by Gasteiger charge is 2.20. The topological polar surface area (TPSA) is 92.4 Å². The first-order valence-corrected chi connectivity index (χ1v) is 7.16. The fourth-order valence-corrected chi connectivity index (χ4v) is 2.09. The van der Waals surface area contributed by atoms with E-state index in [0.717, 1.165) is 4.47 Å². The number of hydrogen-bond acceptors (Lipinski definition) is 3. The molecule has 4 N–H and O–H groups in total. The van der Waals surface area contributed by atoms with E-state index in [2.05, 4.69) is 21.2 Å². The maximum absolute atomic E-state index is 11.9. The summed E-state index contributed by atoms with van der Waals surface area (Å²) in [5, 5.41) is 11.8. The summed E-state index contributed by atoms with van der Waals surface area (Å²) in [5.74, 6) is -1.53. The minimum absolute atomic E-state index is 0.113. The van der Waals surface area contributed by atoms with E-state index in [1.165, 1.54) is 0 Å². The van der Waals surface area contributed by atoms with Crippen LogP contribution in [-0.4, -0.2) is 23.5 Å². The number of benzene rings is 1. The fourth-order valence-electron chi connectivity index (χ4n) is 1.84. The number of carbonyl (C=O) groups excluding carboxylic acids is 1. The molecule has 0 spiro atoms. The Morgan fingerprint density at radius 3 is 2.55 bits per heavy atom. The van der Waals surface area contributed by atoms with Gasteiger partial charge in [0.1, 0.15) is 0 Å². The molecule has 110 valence electrons. The average Bonchev–Trinajstić information content (AvgIpc) is 2.36. The molecule has 1 aromatic carbocycles. The molecule has 0 saturated heterocycles. The van der Waals surface area contributed by atoms with Crippen molar-refractivity contribution in [3.8, 4) is 0 Å². The Balaban J connectivity index is 2.65. The minimum Gasteiger partial charge on any atom is -0.481 e. The van der Waals surface area contributed by atoms with Crippen molar-refractivity contribution in [2.75, 3.05) is 12.3 Å². The van der Waals surface area contributed by atoms with E-state index in [-0.39, 0.29) is 18.4 Å². The Bertz CT molecular complexity index is 503. The fraction of sp³-hybridized carbons (Fsp3) is 0.429. The van der Waals surface area contributed by atoms with Crippen LogP contribution in [0.3, 0.4) is 0 Å². The van der Waals surface area contributed by atoms with Crippen LogP contribution in [0.5, 0.6) is 0 Å². The number of rotatable bonds is 6. The van der Waals surface area contributed by atoms with Gasteiger partial charge in [0.25, 0.3) is 5.91 Å². The van der Waals surface area contributed by atoms with Crippen LogP contribution < -0.4 is 11.1 Å². The lowest BCUT2D eigenvalue weighted by Crippen LogP contribution is -2.33. The number of hydrogen-bond donors (Lipinski definition) is 3. The van der Waals surface area contributed by atoms with Crippen molar-refractivity contribution >= 4 is 33.5 Å². The SMILES string of the molecule is CC(C)CC(CNC(=O)c1ccc(Br)c(N)c1)C(=O)O. The first kappa shape index (κ1) is 16.5. The van der Waals surface area contributed by atoms with Gasteiger partial charge in [0.15, 0.2) is 0 Å². The summed E-state index contributed by atoms with van der Waals surface area (Å²) in [5.41, 5.74) is 6.59. The van der Waals surface area contributed by atoms with Gasteiger partial charge in [0.05, 0.1) is 5.92 Å². The molecule has 1 atom stereocenters. The Labute approximate surface area is 126 Å². The van der Waals surface area contributed by atoms with Gasteiger partial charge in [0, 0.05) is 22.3 Å². The van der Waals surface area contributed by atoms with E-state index < -0.39 is 11.9 Å². The molecule has 1 rings (SSSR count). The van der Waals surface area contributed by atoms with Crippen molar-refractivity contribution in [2.45, 2.75) is 20.3 Å². The molecule has 0 aliphatic heterocycles. The number of aliphatic carboxylic acids is 1. The predicted molar refractivity (Wildman–Crippen MR) is 81.5 cm³/mol. The van der Waals surface area contributed by atoms with Gasteiger partial charge < -0.3 is 16.2 Å². The number of carboxylic acid groups (broad SMARTS) is 1. The zero-order chi connectivity index (χ0) is 15.3. The molecule has 0 bridgehead atoms. The van der Waals surface area contributed by atoms with Crippen LogP contribution in [0.2, 0.25) is 0 Å². The predicted octanol–water partition coefficient (Wildman–Crippen LogP) is 2.51. The number of nitrogen functional groups attached to an aromatic ring is 1. The standard InChI is InChI=1S/C14H19BrN2O3/c1-8(2)5-10(14(19)20)7-17-13(18)9-3-4-11(15)12(16)6-9/h3-4,6,8,10H,5,7,16H2,1-2H3,(H,17,18)(H,19,20). The van der Waals surface area contributed by atoms with Crippen LogP contribution in [-0.2, 0) is 4.79 Å². The molecule has 1 amide bonds. The lowest BCUT2D eigenvalue weighted by atomic mass is 9.97. The molecule has 0 heterocycles. The Hall–Kier alpha value is -1.56. The van der Waals surface area contributed by atoms with Gasteiger partial charge in [-0.15, -0.1) is 0 Å². The summed E-state index contributed by atoms with van der Waals surface area (Å²) in [6, 6.07) is 4.87. The molecule has 5 nitrogen and oxygen atoms in total. The third-order valence-electron chi connectivity index (χ3n) is 2.87. The van der Waals surface area contributed by atoms with Gasteiger partial charge in [0.2, 0.25) is 0 Å². The highest BCUT2D eigenvalue weighted by molar-refractivity contribution is 9.10. The van der Waals surface area contributed by atoms with Crippen LogP contribution in [0.15, 0.2) is 22.7 Å².